The fourth-order valence-electron chi connectivity index (χ4n) is 3.35. The topological polar surface area (TPSA) is 47.5 Å². The molecular weight excluding hydrogens is 348 g/mol. The number of para-hydroxylation sites is 1. The van der Waals surface area contributed by atoms with E-state index in [0.717, 1.165) is 49.2 Å². The molecular formula is C22H26N6. The Hall–Kier alpha value is -3.12. The van der Waals surface area contributed by atoms with Gasteiger partial charge in [-0.1, -0.05) is 18.2 Å². The van der Waals surface area contributed by atoms with Crippen molar-refractivity contribution < 1.29 is 0 Å². The van der Waals surface area contributed by atoms with Crippen LogP contribution in [0, 0.1) is 0 Å². The molecule has 28 heavy (non-hydrogen) atoms. The molecule has 0 aliphatic carbocycles. The minimum absolute atomic E-state index is 0.778. The number of benzene rings is 2. The van der Waals surface area contributed by atoms with Crippen LogP contribution in [0.4, 0.5) is 28.7 Å². The Morgan fingerprint density at radius 1 is 0.893 bits per heavy atom. The van der Waals surface area contributed by atoms with Crippen molar-refractivity contribution in [1.82, 2.24) is 14.9 Å². The summed E-state index contributed by atoms with van der Waals surface area (Å²) < 4.78 is 0. The first-order valence-electron chi connectivity index (χ1n) is 9.60. The molecule has 1 N–H and O–H groups in total. The lowest BCUT2D eigenvalue weighted by atomic mass is 10.2. The smallest absolute Gasteiger partial charge is 0.138 e. The van der Waals surface area contributed by atoms with Crippen molar-refractivity contribution in [3.05, 3.63) is 67.0 Å². The maximum absolute atomic E-state index is 4.40. The second kappa shape index (κ2) is 8.27. The third-order valence-electron chi connectivity index (χ3n) is 5.15. The van der Waals surface area contributed by atoms with E-state index >= 15 is 0 Å². The molecule has 6 nitrogen and oxygen atoms in total. The molecule has 2 heterocycles. The van der Waals surface area contributed by atoms with Crippen LogP contribution in [0.15, 0.2) is 67.0 Å². The van der Waals surface area contributed by atoms with Crippen molar-refractivity contribution in [2.75, 3.05) is 55.4 Å². The number of anilines is 5. The van der Waals surface area contributed by atoms with Gasteiger partial charge in [0.2, 0.25) is 0 Å². The third kappa shape index (κ3) is 4.23. The van der Waals surface area contributed by atoms with E-state index in [-0.39, 0.29) is 0 Å². The lowest BCUT2D eigenvalue weighted by Gasteiger charge is -2.34. The summed E-state index contributed by atoms with van der Waals surface area (Å²) in [5, 5.41) is 3.38. The van der Waals surface area contributed by atoms with Crippen molar-refractivity contribution in [1.29, 1.82) is 0 Å². The van der Waals surface area contributed by atoms with Crippen LogP contribution < -0.4 is 15.1 Å². The SMILES string of the molecule is CN1CCN(c2ccc(Nc3cc(N(C)c4ccccc4)ncn3)cc2)CC1. The average molecular weight is 374 g/mol. The number of nitrogens with one attached hydrogen (secondary N) is 1. The van der Waals surface area contributed by atoms with Gasteiger partial charge in [0.15, 0.2) is 0 Å². The molecule has 0 saturated carbocycles. The van der Waals surface area contributed by atoms with E-state index in [9.17, 15) is 0 Å². The number of hydrogen-bond acceptors (Lipinski definition) is 6. The molecule has 0 amide bonds. The van der Waals surface area contributed by atoms with Crippen molar-refractivity contribution >= 4 is 28.7 Å². The number of aromatic nitrogens is 2. The molecule has 0 bridgehead atoms. The summed E-state index contributed by atoms with van der Waals surface area (Å²) in [6, 6.07) is 20.7. The summed E-state index contributed by atoms with van der Waals surface area (Å²) in [4.78, 5) is 15.6. The highest BCUT2D eigenvalue weighted by Crippen LogP contribution is 2.25. The molecule has 0 spiro atoms. The van der Waals surface area contributed by atoms with E-state index in [4.69, 9.17) is 0 Å². The number of hydrogen-bond donors (Lipinski definition) is 1. The van der Waals surface area contributed by atoms with Crippen LogP contribution in [0.25, 0.3) is 0 Å². The van der Waals surface area contributed by atoms with Crippen LogP contribution in [0.2, 0.25) is 0 Å². The zero-order chi connectivity index (χ0) is 19.3. The zero-order valence-corrected chi connectivity index (χ0v) is 16.4. The molecule has 6 heteroatoms. The molecule has 1 fully saturated rings. The first-order valence-corrected chi connectivity index (χ1v) is 9.60. The first kappa shape index (κ1) is 18.3. The summed E-state index contributed by atoms with van der Waals surface area (Å²) in [5.41, 5.74) is 3.37. The predicted octanol–water partition coefficient (Wildman–Crippen LogP) is 3.74. The minimum Gasteiger partial charge on any atom is -0.369 e. The molecule has 1 saturated heterocycles. The van der Waals surface area contributed by atoms with Gasteiger partial charge in [0.1, 0.15) is 18.0 Å². The van der Waals surface area contributed by atoms with Crippen molar-refractivity contribution in [2.45, 2.75) is 0 Å². The Kier molecular flexibility index (Phi) is 5.39. The van der Waals surface area contributed by atoms with Crippen LogP contribution in [0.5, 0.6) is 0 Å². The van der Waals surface area contributed by atoms with Crippen LogP contribution in [0.1, 0.15) is 0 Å². The molecule has 2 aromatic carbocycles. The van der Waals surface area contributed by atoms with Gasteiger partial charge in [-0.25, -0.2) is 9.97 Å². The quantitative estimate of drug-likeness (QED) is 0.734. The van der Waals surface area contributed by atoms with E-state index < -0.39 is 0 Å². The summed E-state index contributed by atoms with van der Waals surface area (Å²) >= 11 is 0. The van der Waals surface area contributed by atoms with Gasteiger partial charge in [0, 0.05) is 56.4 Å². The number of rotatable bonds is 5. The number of likely N-dealkylation sites (N-methyl/N-ethyl adjacent to an activating group) is 1. The minimum atomic E-state index is 0.778. The molecule has 1 aliphatic heterocycles. The maximum atomic E-state index is 4.40. The highest BCUT2D eigenvalue weighted by molar-refractivity contribution is 5.65. The second-order valence-electron chi connectivity index (χ2n) is 7.12. The Balaban J connectivity index is 1.44. The van der Waals surface area contributed by atoms with Crippen molar-refractivity contribution in [3.63, 3.8) is 0 Å². The molecule has 144 valence electrons. The summed E-state index contributed by atoms with van der Waals surface area (Å²) in [5.74, 6) is 1.62. The molecule has 4 rings (SSSR count). The van der Waals surface area contributed by atoms with E-state index in [1.54, 1.807) is 6.33 Å². The van der Waals surface area contributed by atoms with Gasteiger partial charge < -0.3 is 20.0 Å². The van der Waals surface area contributed by atoms with E-state index in [2.05, 4.69) is 68.5 Å². The van der Waals surface area contributed by atoms with Crippen LogP contribution in [0.3, 0.4) is 0 Å². The van der Waals surface area contributed by atoms with Crippen molar-refractivity contribution in [3.8, 4) is 0 Å². The third-order valence-corrected chi connectivity index (χ3v) is 5.15. The Morgan fingerprint density at radius 3 is 2.32 bits per heavy atom. The largest absolute Gasteiger partial charge is 0.369 e. The molecule has 1 aromatic heterocycles. The van der Waals surface area contributed by atoms with Gasteiger partial charge in [-0.15, -0.1) is 0 Å². The summed E-state index contributed by atoms with van der Waals surface area (Å²) in [6.07, 6.45) is 1.59. The van der Waals surface area contributed by atoms with Crippen LogP contribution in [-0.4, -0.2) is 55.1 Å². The van der Waals surface area contributed by atoms with E-state index in [1.165, 1.54) is 5.69 Å². The van der Waals surface area contributed by atoms with Gasteiger partial charge in [-0.3, -0.25) is 0 Å². The summed E-state index contributed by atoms with van der Waals surface area (Å²) in [6.45, 7) is 4.37. The number of nitrogens with zero attached hydrogens (tertiary/aromatic N) is 5. The summed E-state index contributed by atoms with van der Waals surface area (Å²) in [7, 11) is 4.18. The Morgan fingerprint density at radius 2 is 1.61 bits per heavy atom. The zero-order valence-electron chi connectivity index (χ0n) is 16.4. The highest BCUT2D eigenvalue weighted by Gasteiger charge is 2.14. The molecule has 0 atom stereocenters. The van der Waals surface area contributed by atoms with Crippen molar-refractivity contribution in [2.24, 2.45) is 0 Å². The molecule has 0 radical (unpaired) electrons. The Labute approximate surface area is 166 Å². The predicted molar refractivity (Wildman–Crippen MR) is 116 cm³/mol. The lowest BCUT2D eigenvalue weighted by Crippen LogP contribution is -2.44. The van der Waals surface area contributed by atoms with Gasteiger partial charge in [0.25, 0.3) is 0 Å². The molecule has 3 aromatic rings. The maximum Gasteiger partial charge on any atom is 0.138 e. The molecule has 0 unspecified atom stereocenters. The van der Waals surface area contributed by atoms with Gasteiger partial charge in [-0.05, 0) is 43.4 Å². The fraction of sp³-hybridized carbons (Fsp3) is 0.273. The van der Waals surface area contributed by atoms with Crippen LogP contribution >= 0.6 is 0 Å². The standard InChI is InChI=1S/C22H26N6/c1-26-12-14-28(15-13-26)20-10-8-18(9-11-20)25-21-16-22(24-17-23-21)27(2)19-6-4-3-5-7-19/h3-11,16-17H,12-15H2,1-2H3,(H,23,24,25). The highest BCUT2D eigenvalue weighted by atomic mass is 15.2. The average Bonchev–Trinajstić information content (AvgIpc) is 2.75. The first-order chi connectivity index (χ1) is 13.7. The van der Waals surface area contributed by atoms with Gasteiger partial charge in [-0.2, -0.15) is 0 Å². The normalized spacial score (nSPS) is 14.7. The monoisotopic (exact) mass is 374 g/mol. The van der Waals surface area contributed by atoms with Gasteiger partial charge in [0.05, 0.1) is 0 Å². The van der Waals surface area contributed by atoms with E-state index in [1.807, 2.05) is 36.2 Å². The van der Waals surface area contributed by atoms with Crippen LogP contribution in [-0.2, 0) is 0 Å². The Bertz CT molecular complexity index is 888. The van der Waals surface area contributed by atoms with Gasteiger partial charge >= 0.3 is 0 Å². The number of piperazine rings is 1. The lowest BCUT2D eigenvalue weighted by molar-refractivity contribution is 0.313. The fourth-order valence-corrected chi connectivity index (χ4v) is 3.35. The molecule has 1 aliphatic rings. The second-order valence-corrected chi connectivity index (χ2v) is 7.12. The van der Waals surface area contributed by atoms with E-state index in [0.29, 0.717) is 0 Å².